The van der Waals surface area contributed by atoms with E-state index in [1.54, 1.807) is 18.2 Å². The van der Waals surface area contributed by atoms with Gasteiger partial charge in [0.2, 0.25) is 5.91 Å². The largest absolute Gasteiger partial charge is 0.324 e. The van der Waals surface area contributed by atoms with E-state index in [2.05, 4.69) is 15.3 Å². The first-order chi connectivity index (χ1) is 11.4. The van der Waals surface area contributed by atoms with Crippen molar-refractivity contribution in [1.29, 1.82) is 0 Å². The summed E-state index contributed by atoms with van der Waals surface area (Å²) in [6, 6.07) is 4.83. The number of aromatic amines is 1. The van der Waals surface area contributed by atoms with Gasteiger partial charge in [-0.3, -0.25) is 9.59 Å². The third-order valence-electron chi connectivity index (χ3n) is 3.15. The molecule has 9 heteroatoms. The van der Waals surface area contributed by atoms with Crippen molar-refractivity contribution >= 4 is 68.1 Å². The van der Waals surface area contributed by atoms with Crippen LogP contribution >= 0.6 is 46.3 Å². The van der Waals surface area contributed by atoms with Crippen molar-refractivity contribution in [2.24, 2.45) is 0 Å². The second-order valence-electron chi connectivity index (χ2n) is 4.93. The number of thiophene rings is 1. The van der Waals surface area contributed by atoms with Crippen LogP contribution < -0.4 is 10.9 Å². The summed E-state index contributed by atoms with van der Waals surface area (Å²) in [5.41, 5.74) is 1.15. The van der Waals surface area contributed by atoms with E-state index in [0.29, 0.717) is 31.1 Å². The number of fused-ring (bicyclic) bond motifs is 1. The fourth-order valence-corrected chi connectivity index (χ4v) is 4.03. The molecule has 0 aliphatic carbocycles. The number of aryl methyl sites for hydroxylation is 1. The van der Waals surface area contributed by atoms with Crippen molar-refractivity contribution in [3.8, 4) is 0 Å². The van der Waals surface area contributed by atoms with E-state index in [1.807, 2.05) is 12.3 Å². The van der Waals surface area contributed by atoms with Gasteiger partial charge < -0.3 is 10.3 Å². The highest BCUT2D eigenvalue weighted by molar-refractivity contribution is 7.99. The molecule has 3 aromatic rings. The molecule has 0 aliphatic heterocycles. The average molecular weight is 400 g/mol. The number of nitrogens with one attached hydrogen (secondary N) is 2. The number of hydrogen-bond acceptors (Lipinski definition) is 5. The number of nitrogens with zero attached hydrogens (tertiary/aromatic N) is 1. The van der Waals surface area contributed by atoms with Gasteiger partial charge in [0.1, 0.15) is 4.83 Å². The Morgan fingerprint density at radius 1 is 1.42 bits per heavy atom. The maximum atomic E-state index is 12.1. The van der Waals surface area contributed by atoms with Crippen molar-refractivity contribution in [2.45, 2.75) is 12.1 Å². The SMILES string of the molecule is Cc1csc2nc(SCC(=O)Nc3cc(Cl)ccc3Cl)[nH]c(=O)c12. The van der Waals surface area contributed by atoms with E-state index in [4.69, 9.17) is 23.2 Å². The Kier molecular flexibility index (Phi) is 5.15. The molecule has 3 rings (SSSR count). The molecule has 0 saturated heterocycles. The second-order valence-corrected chi connectivity index (χ2v) is 7.60. The average Bonchev–Trinajstić information content (AvgIpc) is 2.91. The highest BCUT2D eigenvalue weighted by Gasteiger charge is 2.11. The van der Waals surface area contributed by atoms with E-state index in [9.17, 15) is 9.59 Å². The molecule has 0 spiro atoms. The predicted octanol–water partition coefficient (Wildman–Crippen LogP) is 4.33. The van der Waals surface area contributed by atoms with Crippen LogP contribution in [0, 0.1) is 6.92 Å². The lowest BCUT2D eigenvalue weighted by Gasteiger charge is -2.07. The Morgan fingerprint density at radius 3 is 3.00 bits per heavy atom. The van der Waals surface area contributed by atoms with E-state index in [1.165, 1.54) is 11.3 Å². The fraction of sp³-hybridized carbons (Fsp3) is 0.133. The Bertz CT molecular complexity index is 984. The van der Waals surface area contributed by atoms with Crippen LogP contribution in [0.3, 0.4) is 0 Å². The van der Waals surface area contributed by atoms with Gasteiger partial charge in [-0.05, 0) is 36.1 Å². The van der Waals surface area contributed by atoms with Gasteiger partial charge >= 0.3 is 0 Å². The fourth-order valence-electron chi connectivity index (χ4n) is 2.05. The number of rotatable bonds is 4. The number of aromatic nitrogens is 2. The zero-order valence-electron chi connectivity index (χ0n) is 12.4. The molecular formula is C15H11Cl2N3O2S2. The summed E-state index contributed by atoms with van der Waals surface area (Å²) in [6.45, 7) is 1.87. The first-order valence-corrected chi connectivity index (χ1v) is 9.42. The highest BCUT2D eigenvalue weighted by atomic mass is 35.5. The number of benzene rings is 1. The Labute approximate surface area is 155 Å². The summed E-state index contributed by atoms with van der Waals surface area (Å²) in [7, 11) is 0. The zero-order chi connectivity index (χ0) is 17.3. The summed E-state index contributed by atoms with van der Waals surface area (Å²) in [6.07, 6.45) is 0. The van der Waals surface area contributed by atoms with Crippen LogP contribution in [0.5, 0.6) is 0 Å². The molecule has 0 saturated carbocycles. The molecule has 24 heavy (non-hydrogen) atoms. The minimum atomic E-state index is -0.269. The van der Waals surface area contributed by atoms with Crippen molar-refractivity contribution < 1.29 is 4.79 Å². The molecule has 2 N–H and O–H groups in total. The quantitative estimate of drug-likeness (QED) is 0.505. The zero-order valence-corrected chi connectivity index (χ0v) is 15.5. The molecule has 0 radical (unpaired) electrons. The van der Waals surface area contributed by atoms with Crippen molar-refractivity contribution in [3.05, 3.63) is 49.5 Å². The van der Waals surface area contributed by atoms with Gasteiger partial charge in [-0.2, -0.15) is 0 Å². The Balaban J connectivity index is 1.70. The first kappa shape index (κ1) is 17.3. The van der Waals surface area contributed by atoms with Gasteiger partial charge in [-0.25, -0.2) is 4.98 Å². The molecule has 2 aromatic heterocycles. The number of thioether (sulfide) groups is 1. The number of carbonyl (C=O) groups excluding carboxylic acids is 1. The van der Waals surface area contributed by atoms with Gasteiger partial charge in [-0.1, -0.05) is 35.0 Å². The lowest BCUT2D eigenvalue weighted by atomic mass is 10.3. The van der Waals surface area contributed by atoms with Crippen LogP contribution in [-0.4, -0.2) is 21.6 Å². The van der Waals surface area contributed by atoms with Crippen molar-refractivity contribution in [1.82, 2.24) is 9.97 Å². The third kappa shape index (κ3) is 3.75. The standard InChI is InChI=1S/C15H11Cl2N3O2S2/c1-7-5-23-14-12(7)13(22)19-15(20-14)24-6-11(21)18-10-4-8(16)2-3-9(10)17/h2-5H,6H2,1H3,(H,18,21)(H,19,20,22). The Morgan fingerprint density at radius 2 is 2.21 bits per heavy atom. The smallest absolute Gasteiger partial charge is 0.260 e. The minimum Gasteiger partial charge on any atom is -0.324 e. The normalized spacial score (nSPS) is 11.0. The molecule has 0 unspecified atom stereocenters. The molecule has 0 atom stereocenters. The van der Waals surface area contributed by atoms with Crippen LogP contribution in [0.2, 0.25) is 10.0 Å². The molecule has 0 bridgehead atoms. The molecule has 124 valence electrons. The van der Waals surface area contributed by atoms with Gasteiger partial charge in [0.15, 0.2) is 5.16 Å². The summed E-state index contributed by atoms with van der Waals surface area (Å²) >= 11 is 14.4. The molecular weight excluding hydrogens is 389 g/mol. The van der Waals surface area contributed by atoms with Crippen molar-refractivity contribution in [3.63, 3.8) is 0 Å². The molecule has 0 fully saturated rings. The second kappa shape index (κ2) is 7.14. The maximum absolute atomic E-state index is 12.1. The summed E-state index contributed by atoms with van der Waals surface area (Å²) < 4.78 is 0. The number of hydrogen-bond donors (Lipinski definition) is 2. The highest BCUT2D eigenvalue weighted by Crippen LogP contribution is 2.26. The van der Waals surface area contributed by atoms with Crippen LogP contribution in [-0.2, 0) is 4.79 Å². The monoisotopic (exact) mass is 399 g/mol. The maximum Gasteiger partial charge on any atom is 0.260 e. The lowest BCUT2D eigenvalue weighted by molar-refractivity contribution is -0.113. The number of amides is 1. The topological polar surface area (TPSA) is 74.8 Å². The van der Waals surface area contributed by atoms with E-state index >= 15 is 0 Å². The minimum absolute atomic E-state index is 0.0850. The summed E-state index contributed by atoms with van der Waals surface area (Å²) in [5.74, 6) is -0.184. The van der Waals surface area contributed by atoms with Gasteiger partial charge in [0.25, 0.3) is 5.56 Å². The lowest BCUT2D eigenvalue weighted by Crippen LogP contribution is -2.15. The summed E-state index contributed by atoms with van der Waals surface area (Å²) in [4.78, 5) is 31.8. The van der Waals surface area contributed by atoms with Crippen LogP contribution in [0.15, 0.2) is 33.5 Å². The summed E-state index contributed by atoms with van der Waals surface area (Å²) in [5, 5.41) is 6.45. The van der Waals surface area contributed by atoms with Crippen LogP contribution in [0.4, 0.5) is 5.69 Å². The first-order valence-electron chi connectivity index (χ1n) is 6.80. The predicted molar refractivity (Wildman–Crippen MR) is 101 cm³/mol. The van der Waals surface area contributed by atoms with E-state index in [0.717, 1.165) is 17.3 Å². The van der Waals surface area contributed by atoms with Crippen molar-refractivity contribution in [2.75, 3.05) is 11.1 Å². The van der Waals surface area contributed by atoms with Crippen LogP contribution in [0.25, 0.3) is 10.2 Å². The molecule has 1 aromatic carbocycles. The Hall–Kier alpha value is -1.54. The third-order valence-corrected chi connectivity index (χ3v) is 5.58. The number of anilines is 1. The number of H-pyrrole nitrogens is 1. The molecule has 2 heterocycles. The van der Waals surface area contributed by atoms with E-state index < -0.39 is 0 Å². The number of carbonyl (C=O) groups is 1. The molecule has 1 amide bonds. The van der Waals surface area contributed by atoms with Gasteiger partial charge in [-0.15, -0.1) is 11.3 Å². The number of halogens is 2. The molecule has 5 nitrogen and oxygen atoms in total. The van der Waals surface area contributed by atoms with Gasteiger partial charge in [0.05, 0.1) is 21.8 Å². The van der Waals surface area contributed by atoms with Gasteiger partial charge in [0, 0.05) is 5.02 Å². The molecule has 0 aliphatic rings. The van der Waals surface area contributed by atoms with Crippen LogP contribution in [0.1, 0.15) is 5.56 Å². The van der Waals surface area contributed by atoms with E-state index in [-0.39, 0.29) is 17.2 Å².